The first-order valence-electron chi connectivity index (χ1n) is 6.72. The van der Waals surface area contributed by atoms with Gasteiger partial charge in [-0.3, -0.25) is 0 Å². The van der Waals surface area contributed by atoms with E-state index in [2.05, 4.69) is 13.8 Å². The Bertz CT molecular complexity index is 567. The maximum Gasteiger partial charge on any atom is 0.243 e. The van der Waals surface area contributed by atoms with Gasteiger partial charge in [-0.2, -0.15) is 4.31 Å². The number of benzene rings is 1. The van der Waals surface area contributed by atoms with E-state index in [9.17, 15) is 8.42 Å². The van der Waals surface area contributed by atoms with Crippen LogP contribution in [0.15, 0.2) is 23.1 Å². The highest BCUT2D eigenvalue weighted by molar-refractivity contribution is 7.89. The SMILES string of the molecule is Cc1ccc(N)cc1S(=O)(=O)N1CCCC1C(C)C. The van der Waals surface area contributed by atoms with Crippen molar-refractivity contribution < 1.29 is 8.42 Å². The third kappa shape index (κ3) is 2.62. The number of nitrogens with zero attached hydrogens (tertiary/aromatic N) is 1. The number of hydrogen-bond donors (Lipinski definition) is 1. The highest BCUT2D eigenvalue weighted by Gasteiger charge is 2.37. The molecule has 1 aliphatic rings. The van der Waals surface area contributed by atoms with Crippen LogP contribution >= 0.6 is 0 Å². The summed E-state index contributed by atoms with van der Waals surface area (Å²) < 4.78 is 27.2. The molecule has 0 aliphatic carbocycles. The monoisotopic (exact) mass is 282 g/mol. The third-order valence-corrected chi connectivity index (χ3v) is 5.88. The summed E-state index contributed by atoms with van der Waals surface area (Å²) in [6, 6.07) is 5.17. The van der Waals surface area contributed by atoms with E-state index in [0.717, 1.165) is 18.4 Å². The van der Waals surface area contributed by atoms with Crippen LogP contribution in [0.1, 0.15) is 32.3 Å². The Morgan fingerprint density at radius 1 is 1.37 bits per heavy atom. The number of nitrogen functional groups attached to an aromatic ring is 1. The van der Waals surface area contributed by atoms with Gasteiger partial charge in [0.2, 0.25) is 10.0 Å². The summed E-state index contributed by atoms with van der Waals surface area (Å²) in [4.78, 5) is 0.347. The minimum absolute atomic E-state index is 0.103. The first-order valence-corrected chi connectivity index (χ1v) is 8.16. The maximum absolute atomic E-state index is 12.8. The van der Waals surface area contributed by atoms with Crippen LogP contribution in [-0.2, 0) is 10.0 Å². The van der Waals surface area contributed by atoms with E-state index in [1.165, 1.54) is 0 Å². The molecule has 2 rings (SSSR count). The van der Waals surface area contributed by atoms with Gasteiger partial charge in [-0.05, 0) is 43.4 Å². The van der Waals surface area contributed by atoms with Crippen LogP contribution in [-0.4, -0.2) is 25.3 Å². The molecule has 0 saturated carbocycles. The van der Waals surface area contributed by atoms with Gasteiger partial charge in [-0.15, -0.1) is 0 Å². The molecule has 1 aliphatic heterocycles. The zero-order valence-corrected chi connectivity index (χ0v) is 12.6. The summed E-state index contributed by atoms with van der Waals surface area (Å²) >= 11 is 0. The summed E-state index contributed by atoms with van der Waals surface area (Å²) in [5.74, 6) is 0.332. The second-order valence-corrected chi connectivity index (χ2v) is 7.45. The number of nitrogens with two attached hydrogens (primary N) is 1. The van der Waals surface area contributed by atoms with Gasteiger partial charge >= 0.3 is 0 Å². The lowest BCUT2D eigenvalue weighted by atomic mass is 10.0. The third-order valence-electron chi connectivity index (χ3n) is 3.82. The van der Waals surface area contributed by atoms with Gasteiger partial charge in [-0.1, -0.05) is 19.9 Å². The standard InChI is InChI=1S/C14H22N2O2S/c1-10(2)13-5-4-8-16(13)19(17,18)14-9-12(15)7-6-11(14)3/h6-7,9-10,13H,4-5,8,15H2,1-3H3. The van der Waals surface area contributed by atoms with E-state index in [4.69, 9.17) is 5.73 Å². The second kappa shape index (κ2) is 5.13. The molecule has 0 radical (unpaired) electrons. The number of sulfonamides is 1. The average molecular weight is 282 g/mol. The fourth-order valence-electron chi connectivity index (χ4n) is 2.75. The molecule has 4 nitrogen and oxygen atoms in total. The molecule has 19 heavy (non-hydrogen) atoms. The highest BCUT2D eigenvalue weighted by Crippen LogP contribution is 2.31. The van der Waals surface area contributed by atoms with Crippen LogP contribution in [0.25, 0.3) is 0 Å². The lowest BCUT2D eigenvalue weighted by molar-refractivity contribution is 0.315. The van der Waals surface area contributed by atoms with Crippen LogP contribution in [0.4, 0.5) is 5.69 Å². The van der Waals surface area contributed by atoms with E-state index >= 15 is 0 Å². The molecule has 5 heteroatoms. The van der Waals surface area contributed by atoms with Crippen molar-refractivity contribution in [2.24, 2.45) is 5.92 Å². The zero-order valence-electron chi connectivity index (χ0n) is 11.8. The Kier molecular flexibility index (Phi) is 3.87. The molecule has 1 fully saturated rings. The van der Waals surface area contributed by atoms with Crippen molar-refractivity contribution in [2.45, 2.75) is 44.6 Å². The molecule has 1 saturated heterocycles. The van der Waals surface area contributed by atoms with Gasteiger partial charge in [0.1, 0.15) is 0 Å². The van der Waals surface area contributed by atoms with Crippen molar-refractivity contribution in [3.8, 4) is 0 Å². The molecule has 1 heterocycles. The Morgan fingerprint density at radius 3 is 2.68 bits per heavy atom. The van der Waals surface area contributed by atoms with Crippen molar-refractivity contribution in [1.82, 2.24) is 4.31 Å². The van der Waals surface area contributed by atoms with Crippen molar-refractivity contribution in [1.29, 1.82) is 0 Å². The lowest BCUT2D eigenvalue weighted by Crippen LogP contribution is -2.38. The van der Waals surface area contributed by atoms with E-state index < -0.39 is 10.0 Å². The quantitative estimate of drug-likeness (QED) is 0.866. The summed E-state index contributed by atoms with van der Waals surface area (Å²) in [6.45, 7) is 6.57. The molecule has 2 N–H and O–H groups in total. The Balaban J connectivity index is 2.45. The highest BCUT2D eigenvalue weighted by atomic mass is 32.2. The first-order chi connectivity index (χ1) is 8.84. The van der Waals surface area contributed by atoms with Gasteiger partial charge in [0, 0.05) is 18.3 Å². The van der Waals surface area contributed by atoms with Crippen LogP contribution in [0.2, 0.25) is 0 Å². The van der Waals surface area contributed by atoms with Gasteiger partial charge in [0.05, 0.1) is 4.90 Å². The predicted molar refractivity (Wildman–Crippen MR) is 77.3 cm³/mol. The fourth-order valence-corrected chi connectivity index (χ4v) is 4.84. The summed E-state index contributed by atoms with van der Waals surface area (Å²) in [6.07, 6.45) is 1.88. The average Bonchev–Trinajstić information content (AvgIpc) is 2.82. The van der Waals surface area contributed by atoms with Crippen molar-refractivity contribution in [3.63, 3.8) is 0 Å². The predicted octanol–water partition coefficient (Wildman–Crippen LogP) is 2.39. The van der Waals surface area contributed by atoms with Gasteiger partial charge < -0.3 is 5.73 Å². The van der Waals surface area contributed by atoms with Crippen LogP contribution < -0.4 is 5.73 Å². The van der Waals surface area contributed by atoms with Gasteiger partial charge in [0.15, 0.2) is 0 Å². The molecule has 106 valence electrons. The van der Waals surface area contributed by atoms with Crippen LogP contribution in [0.5, 0.6) is 0 Å². The lowest BCUT2D eigenvalue weighted by Gasteiger charge is -2.27. The molecule has 1 atom stereocenters. The largest absolute Gasteiger partial charge is 0.399 e. The number of rotatable bonds is 3. The minimum Gasteiger partial charge on any atom is -0.399 e. The van der Waals surface area contributed by atoms with Gasteiger partial charge in [0.25, 0.3) is 0 Å². The molecule has 0 amide bonds. The van der Waals surface area contributed by atoms with Crippen molar-refractivity contribution >= 4 is 15.7 Å². The van der Waals surface area contributed by atoms with Gasteiger partial charge in [-0.25, -0.2) is 8.42 Å². The Labute approximate surface area is 115 Å². The van der Waals surface area contributed by atoms with E-state index in [-0.39, 0.29) is 6.04 Å². The van der Waals surface area contributed by atoms with Crippen molar-refractivity contribution in [2.75, 3.05) is 12.3 Å². The molecule has 1 aromatic carbocycles. The molecule has 1 unspecified atom stereocenters. The zero-order chi connectivity index (χ0) is 14.2. The molecular weight excluding hydrogens is 260 g/mol. The van der Waals surface area contributed by atoms with Crippen molar-refractivity contribution in [3.05, 3.63) is 23.8 Å². The molecular formula is C14H22N2O2S. The van der Waals surface area contributed by atoms with E-state index in [0.29, 0.717) is 23.0 Å². The topological polar surface area (TPSA) is 63.4 Å². The Morgan fingerprint density at radius 2 is 2.05 bits per heavy atom. The summed E-state index contributed by atoms with van der Waals surface area (Å²) in [5, 5.41) is 0. The number of hydrogen-bond acceptors (Lipinski definition) is 3. The van der Waals surface area contributed by atoms with E-state index in [1.54, 1.807) is 22.5 Å². The summed E-state index contributed by atoms with van der Waals surface area (Å²) in [7, 11) is -3.43. The Hall–Kier alpha value is -1.07. The molecule has 0 bridgehead atoms. The second-order valence-electron chi connectivity index (χ2n) is 5.59. The first kappa shape index (κ1) is 14.3. The van der Waals surface area contributed by atoms with Crippen LogP contribution in [0, 0.1) is 12.8 Å². The minimum atomic E-state index is -3.43. The molecule has 0 aromatic heterocycles. The maximum atomic E-state index is 12.8. The smallest absolute Gasteiger partial charge is 0.243 e. The molecule has 1 aromatic rings. The fraction of sp³-hybridized carbons (Fsp3) is 0.571. The van der Waals surface area contributed by atoms with E-state index in [1.807, 2.05) is 6.92 Å². The normalized spacial score (nSPS) is 21.2. The summed E-state index contributed by atoms with van der Waals surface area (Å²) in [5.41, 5.74) is 6.98. The number of anilines is 1. The van der Waals surface area contributed by atoms with Crippen LogP contribution in [0.3, 0.4) is 0 Å². The molecule has 0 spiro atoms. The number of aryl methyl sites for hydroxylation is 1.